The lowest BCUT2D eigenvalue weighted by Gasteiger charge is -2.12. The molecule has 3 aromatic rings. The lowest BCUT2D eigenvalue weighted by Crippen LogP contribution is -2.24. The van der Waals surface area contributed by atoms with Gasteiger partial charge >= 0.3 is 6.09 Å². The lowest BCUT2D eigenvalue weighted by atomic mass is 10.1. The van der Waals surface area contributed by atoms with Gasteiger partial charge in [0.1, 0.15) is 16.4 Å². The zero-order chi connectivity index (χ0) is 23.0. The predicted octanol–water partition coefficient (Wildman–Crippen LogP) is 4.94. The average molecular weight is 472 g/mol. The zero-order valence-electron chi connectivity index (χ0n) is 18.6. The lowest BCUT2D eigenvalue weighted by molar-refractivity contribution is 0.143. The highest BCUT2D eigenvalue weighted by molar-refractivity contribution is 6.30. The summed E-state index contributed by atoms with van der Waals surface area (Å²) in [5.41, 5.74) is 8.33. The average Bonchev–Trinajstić information content (AvgIpc) is 3.47. The highest BCUT2D eigenvalue weighted by Gasteiger charge is 2.15. The van der Waals surface area contributed by atoms with Crippen LogP contribution in [0.25, 0.3) is 11.0 Å². The van der Waals surface area contributed by atoms with Crippen molar-refractivity contribution in [2.45, 2.75) is 51.6 Å². The quantitative estimate of drug-likeness (QED) is 0.320. The fourth-order valence-corrected chi connectivity index (χ4v) is 4.34. The highest BCUT2D eigenvalue weighted by Crippen LogP contribution is 2.26. The normalized spacial score (nSPS) is 14.0. The monoisotopic (exact) mass is 471 g/mol. The van der Waals surface area contributed by atoms with Crippen LogP contribution in [0.3, 0.4) is 0 Å². The molecule has 176 valence electrons. The second-order valence-electron chi connectivity index (χ2n) is 8.44. The first-order valence-electron chi connectivity index (χ1n) is 11.5. The van der Waals surface area contributed by atoms with E-state index >= 15 is 0 Å². The number of hydrogen-bond donors (Lipinski definition) is 2. The van der Waals surface area contributed by atoms with E-state index in [-0.39, 0.29) is 0 Å². The molecule has 1 fully saturated rings. The molecule has 2 heterocycles. The Morgan fingerprint density at radius 3 is 2.94 bits per heavy atom. The molecule has 0 spiro atoms. The van der Waals surface area contributed by atoms with Gasteiger partial charge < -0.3 is 25.1 Å². The van der Waals surface area contributed by atoms with Crippen molar-refractivity contribution in [1.29, 1.82) is 0 Å². The Morgan fingerprint density at radius 2 is 2.09 bits per heavy atom. The van der Waals surface area contributed by atoms with E-state index in [0.717, 1.165) is 42.8 Å². The van der Waals surface area contributed by atoms with Gasteiger partial charge in [-0.1, -0.05) is 36.6 Å². The van der Waals surface area contributed by atoms with Crippen molar-refractivity contribution in [2.75, 3.05) is 18.9 Å². The first-order valence-corrected chi connectivity index (χ1v) is 11.9. The summed E-state index contributed by atoms with van der Waals surface area (Å²) in [6.07, 6.45) is 7.97. The van der Waals surface area contributed by atoms with Crippen molar-refractivity contribution in [3.05, 3.63) is 47.4 Å². The maximum absolute atomic E-state index is 12.0. The summed E-state index contributed by atoms with van der Waals surface area (Å²) in [5.74, 6) is 1.84. The molecular weight excluding hydrogens is 442 g/mol. The fourth-order valence-electron chi connectivity index (χ4n) is 4.14. The van der Waals surface area contributed by atoms with Crippen molar-refractivity contribution in [3.63, 3.8) is 0 Å². The second-order valence-corrected chi connectivity index (χ2v) is 8.83. The van der Waals surface area contributed by atoms with Crippen LogP contribution in [0.5, 0.6) is 5.75 Å². The van der Waals surface area contributed by atoms with Crippen molar-refractivity contribution < 1.29 is 14.3 Å². The number of pyridine rings is 1. The number of fused-ring (bicyclic) bond motifs is 1. The van der Waals surface area contributed by atoms with Crippen LogP contribution >= 0.6 is 11.6 Å². The smallest absolute Gasteiger partial charge is 0.407 e. The Balaban J connectivity index is 1.14. The zero-order valence-corrected chi connectivity index (χ0v) is 19.4. The molecule has 1 aromatic carbocycles. The number of ether oxygens (including phenoxy) is 2. The van der Waals surface area contributed by atoms with Gasteiger partial charge in [-0.25, -0.2) is 14.8 Å². The third-order valence-electron chi connectivity index (χ3n) is 5.93. The summed E-state index contributed by atoms with van der Waals surface area (Å²) in [4.78, 5) is 20.3. The summed E-state index contributed by atoms with van der Waals surface area (Å²) in [7, 11) is 0. The van der Waals surface area contributed by atoms with Crippen LogP contribution in [0.15, 0.2) is 36.7 Å². The van der Waals surface area contributed by atoms with Gasteiger partial charge in [0.05, 0.1) is 25.1 Å². The van der Waals surface area contributed by atoms with Crippen LogP contribution < -0.4 is 15.8 Å². The van der Waals surface area contributed by atoms with E-state index in [9.17, 15) is 4.79 Å². The minimum Gasteiger partial charge on any atom is -0.493 e. The van der Waals surface area contributed by atoms with Gasteiger partial charge in [-0.3, -0.25) is 0 Å². The van der Waals surface area contributed by atoms with Gasteiger partial charge in [0.15, 0.2) is 5.82 Å². The van der Waals surface area contributed by atoms with Crippen molar-refractivity contribution in [2.24, 2.45) is 5.92 Å². The number of carbonyl (C=O) groups is 1. The Labute approximate surface area is 198 Å². The molecule has 3 N–H and O–H groups in total. The molecule has 1 saturated carbocycles. The summed E-state index contributed by atoms with van der Waals surface area (Å²) in [5, 5.41) is 3.14. The number of nitrogen functional groups attached to an aromatic ring is 1. The van der Waals surface area contributed by atoms with E-state index in [4.69, 9.17) is 26.8 Å². The van der Waals surface area contributed by atoms with Crippen LogP contribution in [0.4, 0.5) is 10.6 Å². The number of aromatic nitrogens is 3. The Hall–Kier alpha value is -3.00. The number of carbonyl (C=O) groups excluding carboxylic acids is 1. The minimum absolute atomic E-state index is 0.321. The largest absolute Gasteiger partial charge is 0.493 e. The van der Waals surface area contributed by atoms with E-state index in [0.29, 0.717) is 35.6 Å². The van der Waals surface area contributed by atoms with E-state index in [1.54, 1.807) is 12.4 Å². The van der Waals surface area contributed by atoms with Gasteiger partial charge in [-0.15, -0.1) is 0 Å². The van der Waals surface area contributed by atoms with E-state index in [2.05, 4.69) is 15.3 Å². The van der Waals surface area contributed by atoms with Crippen LogP contribution in [0.2, 0.25) is 5.15 Å². The third kappa shape index (κ3) is 6.51. The van der Waals surface area contributed by atoms with E-state index in [1.165, 1.54) is 25.7 Å². The van der Waals surface area contributed by atoms with Gasteiger partial charge in [-0.2, -0.15) is 0 Å². The Kier molecular flexibility index (Phi) is 7.88. The molecule has 0 unspecified atom stereocenters. The first-order chi connectivity index (χ1) is 16.1. The standard InChI is InChI=1S/C24H30ClN5O3/c25-21-13-20-22(23(26)29-21)28-16-30(20)10-3-4-11-32-24(31)27-14-18-8-5-9-19(12-18)33-15-17-6-1-2-7-17/h5,8-9,12-13,16-17H,1-4,6-7,10-11,14-15H2,(H2,26,29)(H,27,31). The van der Waals surface area contributed by atoms with Crippen LogP contribution in [-0.4, -0.2) is 33.8 Å². The molecule has 4 rings (SSSR count). The number of rotatable bonds is 10. The van der Waals surface area contributed by atoms with Gasteiger partial charge in [0.25, 0.3) is 0 Å². The number of anilines is 1. The number of nitrogens with one attached hydrogen (secondary N) is 1. The number of amides is 1. The van der Waals surface area contributed by atoms with Gasteiger partial charge in [0.2, 0.25) is 0 Å². The van der Waals surface area contributed by atoms with Gasteiger partial charge in [0, 0.05) is 19.2 Å². The molecule has 2 aromatic heterocycles. The number of halogens is 1. The molecule has 0 aliphatic heterocycles. The molecule has 1 aliphatic carbocycles. The molecule has 0 saturated heterocycles. The SMILES string of the molecule is Nc1nc(Cl)cc2c1ncn2CCCCOC(=O)NCc1cccc(OCC2CCCC2)c1. The summed E-state index contributed by atoms with van der Waals surface area (Å²) >= 11 is 5.99. The van der Waals surface area contributed by atoms with Crippen molar-refractivity contribution >= 4 is 34.5 Å². The highest BCUT2D eigenvalue weighted by atomic mass is 35.5. The van der Waals surface area contributed by atoms with Crippen LogP contribution in [0, 0.1) is 5.92 Å². The minimum atomic E-state index is -0.425. The second kappa shape index (κ2) is 11.2. The molecule has 9 heteroatoms. The first kappa shape index (κ1) is 23.2. The molecule has 1 aliphatic rings. The summed E-state index contributed by atoms with van der Waals surface area (Å²) < 4.78 is 13.2. The van der Waals surface area contributed by atoms with Crippen molar-refractivity contribution in [3.8, 4) is 5.75 Å². The number of unbranched alkanes of at least 4 members (excludes halogenated alkanes) is 1. The fraction of sp³-hybridized carbons (Fsp3) is 0.458. The Bertz CT molecular complexity index is 1080. The van der Waals surface area contributed by atoms with E-state index in [1.807, 2.05) is 28.8 Å². The number of benzene rings is 1. The molecule has 33 heavy (non-hydrogen) atoms. The molecular formula is C24H30ClN5O3. The maximum Gasteiger partial charge on any atom is 0.407 e. The maximum atomic E-state index is 12.0. The number of nitrogens with two attached hydrogens (primary N) is 1. The van der Waals surface area contributed by atoms with Crippen LogP contribution in [0.1, 0.15) is 44.1 Å². The van der Waals surface area contributed by atoms with Crippen molar-refractivity contribution in [1.82, 2.24) is 19.9 Å². The number of hydrogen-bond acceptors (Lipinski definition) is 6. The summed E-state index contributed by atoms with van der Waals surface area (Å²) in [6.45, 7) is 2.23. The molecule has 8 nitrogen and oxygen atoms in total. The molecule has 0 atom stereocenters. The molecule has 1 amide bonds. The van der Waals surface area contributed by atoms with Gasteiger partial charge in [-0.05, 0) is 49.3 Å². The topological polar surface area (TPSA) is 104 Å². The number of aryl methyl sites for hydroxylation is 1. The number of imidazole rings is 1. The third-order valence-corrected chi connectivity index (χ3v) is 6.12. The van der Waals surface area contributed by atoms with E-state index < -0.39 is 6.09 Å². The predicted molar refractivity (Wildman–Crippen MR) is 128 cm³/mol. The number of alkyl carbamates (subject to hydrolysis) is 1. The molecule has 0 radical (unpaired) electrons. The van der Waals surface area contributed by atoms with Crippen LogP contribution in [-0.2, 0) is 17.8 Å². The number of nitrogens with zero attached hydrogens (tertiary/aromatic N) is 3. The molecule has 0 bridgehead atoms. The summed E-state index contributed by atoms with van der Waals surface area (Å²) in [6, 6.07) is 9.59. The Morgan fingerprint density at radius 1 is 1.24 bits per heavy atom.